The first-order valence-electron chi connectivity index (χ1n) is 9.77. The smallest absolute Gasteiger partial charge is 0.245 e. The molecule has 2 atom stereocenters. The highest BCUT2D eigenvalue weighted by Gasteiger charge is 2.24. The van der Waals surface area contributed by atoms with E-state index in [4.69, 9.17) is 4.98 Å². The number of piperazine rings is 1. The topological polar surface area (TPSA) is 99.1 Å². The van der Waals surface area contributed by atoms with Gasteiger partial charge in [-0.15, -0.1) is 5.10 Å². The van der Waals surface area contributed by atoms with Gasteiger partial charge in [-0.25, -0.2) is 14.4 Å². The highest BCUT2D eigenvalue weighted by atomic mass is 79.9. The van der Waals surface area contributed by atoms with E-state index in [0.29, 0.717) is 52.9 Å². The summed E-state index contributed by atoms with van der Waals surface area (Å²) in [6, 6.07) is 5.53. The molecule has 9 nitrogen and oxygen atoms in total. The Bertz CT molecular complexity index is 1210. The Hall–Kier alpha value is -2.79. The number of benzene rings is 1. The molecule has 4 heterocycles. The monoisotopic (exact) mass is 473 g/mol. The van der Waals surface area contributed by atoms with Gasteiger partial charge in [0.05, 0.1) is 18.3 Å². The molecular formula is C19H21BrFN9. The van der Waals surface area contributed by atoms with Crippen LogP contribution >= 0.6 is 15.9 Å². The minimum atomic E-state index is -0.346. The van der Waals surface area contributed by atoms with Crippen LogP contribution < -0.4 is 15.5 Å². The zero-order valence-corrected chi connectivity index (χ0v) is 18.1. The van der Waals surface area contributed by atoms with Crippen molar-refractivity contribution in [3.8, 4) is 0 Å². The predicted octanol–water partition coefficient (Wildman–Crippen LogP) is 2.70. The summed E-state index contributed by atoms with van der Waals surface area (Å²) in [6.07, 6.45) is 1.69. The lowest BCUT2D eigenvalue weighted by Gasteiger charge is -2.36. The number of hydrogen-bond acceptors (Lipinski definition) is 7. The Balaban J connectivity index is 1.47. The third-order valence-corrected chi connectivity index (χ3v) is 5.63. The van der Waals surface area contributed by atoms with Crippen LogP contribution in [0.3, 0.4) is 0 Å². The number of H-pyrrole nitrogens is 1. The summed E-state index contributed by atoms with van der Waals surface area (Å²) >= 11 is 3.50. The van der Waals surface area contributed by atoms with Crippen LogP contribution in [0.1, 0.15) is 19.7 Å². The van der Waals surface area contributed by atoms with Gasteiger partial charge in [0.2, 0.25) is 5.95 Å². The fraction of sp³-hybridized carbons (Fsp3) is 0.368. The third-order valence-electron chi connectivity index (χ3n) is 5.09. The van der Waals surface area contributed by atoms with Crippen molar-refractivity contribution in [2.45, 2.75) is 32.5 Å². The van der Waals surface area contributed by atoms with Gasteiger partial charge in [-0.05, 0) is 41.9 Å². The van der Waals surface area contributed by atoms with Crippen molar-refractivity contribution in [3.63, 3.8) is 0 Å². The van der Waals surface area contributed by atoms with E-state index in [-0.39, 0.29) is 5.82 Å². The zero-order valence-electron chi connectivity index (χ0n) is 16.5. The van der Waals surface area contributed by atoms with Gasteiger partial charge in [0, 0.05) is 25.2 Å². The van der Waals surface area contributed by atoms with Gasteiger partial charge in [0.1, 0.15) is 15.9 Å². The molecule has 156 valence electrons. The SMILES string of the molecule is CC1CN(c2nc(NCc3nc4c(F)cccc4[nH]3)c3ncc(Br)n3n2)CC(C)N1. The standard InChI is InChI=1S/C19H21BrFN9/c1-10-8-29(9-11(2)24-10)19-27-17(18-23-6-14(20)30(18)28-19)22-7-15-25-13-5-3-4-12(21)16(13)26-15/h3-6,10-11,24H,7-9H2,1-2H3,(H,25,26)(H,22,27,28). The van der Waals surface area contributed by atoms with Crippen LogP contribution in [0.2, 0.25) is 0 Å². The van der Waals surface area contributed by atoms with Gasteiger partial charge in [-0.1, -0.05) is 6.07 Å². The molecule has 2 unspecified atom stereocenters. The van der Waals surface area contributed by atoms with Gasteiger partial charge < -0.3 is 20.5 Å². The van der Waals surface area contributed by atoms with Gasteiger partial charge in [0.25, 0.3) is 0 Å². The van der Waals surface area contributed by atoms with E-state index >= 15 is 0 Å². The van der Waals surface area contributed by atoms with Crippen molar-refractivity contribution < 1.29 is 4.39 Å². The Labute approximate surface area is 180 Å². The minimum Gasteiger partial charge on any atom is -0.360 e. The largest absolute Gasteiger partial charge is 0.360 e. The van der Waals surface area contributed by atoms with Crippen LogP contribution in [0, 0.1) is 5.82 Å². The van der Waals surface area contributed by atoms with Gasteiger partial charge in [-0.2, -0.15) is 9.50 Å². The molecule has 3 aromatic heterocycles. The number of hydrogen-bond donors (Lipinski definition) is 3. The second-order valence-corrected chi connectivity index (χ2v) is 8.44. The van der Waals surface area contributed by atoms with Crippen LogP contribution in [-0.2, 0) is 6.54 Å². The highest BCUT2D eigenvalue weighted by molar-refractivity contribution is 9.10. The molecule has 0 bridgehead atoms. The fourth-order valence-electron chi connectivity index (χ4n) is 3.89. The lowest BCUT2D eigenvalue weighted by Crippen LogP contribution is -2.54. The summed E-state index contributed by atoms with van der Waals surface area (Å²) in [5.74, 6) is 1.48. The van der Waals surface area contributed by atoms with Crippen molar-refractivity contribution in [2.24, 2.45) is 0 Å². The quantitative estimate of drug-likeness (QED) is 0.418. The van der Waals surface area contributed by atoms with Crippen molar-refractivity contribution in [2.75, 3.05) is 23.3 Å². The van der Waals surface area contributed by atoms with Crippen LogP contribution in [-0.4, -0.2) is 54.7 Å². The van der Waals surface area contributed by atoms with E-state index in [9.17, 15) is 4.39 Å². The third kappa shape index (κ3) is 3.47. The summed E-state index contributed by atoms with van der Waals surface area (Å²) in [5.41, 5.74) is 1.59. The summed E-state index contributed by atoms with van der Waals surface area (Å²) < 4.78 is 16.4. The number of para-hydroxylation sites is 1. The molecule has 1 fully saturated rings. The van der Waals surface area contributed by atoms with Crippen LogP contribution in [0.4, 0.5) is 16.2 Å². The lowest BCUT2D eigenvalue weighted by atomic mass is 10.1. The minimum absolute atomic E-state index is 0.329. The van der Waals surface area contributed by atoms with E-state index in [1.165, 1.54) is 6.07 Å². The average molecular weight is 474 g/mol. The van der Waals surface area contributed by atoms with Crippen molar-refractivity contribution in [3.05, 3.63) is 40.6 Å². The van der Waals surface area contributed by atoms with Crippen LogP contribution in [0.5, 0.6) is 0 Å². The second kappa shape index (κ2) is 7.47. The van der Waals surface area contributed by atoms with Gasteiger partial charge >= 0.3 is 0 Å². The van der Waals surface area contributed by atoms with E-state index in [2.05, 4.69) is 65.4 Å². The number of fused-ring (bicyclic) bond motifs is 2. The molecule has 1 aromatic carbocycles. The summed E-state index contributed by atoms with van der Waals surface area (Å²) in [5, 5.41) is 11.5. The number of nitrogens with zero attached hydrogens (tertiary/aromatic N) is 6. The molecule has 0 spiro atoms. The molecule has 3 N–H and O–H groups in total. The first kappa shape index (κ1) is 19.2. The Morgan fingerprint density at radius 1 is 1.23 bits per heavy atom. The molecule has 0 radical (unpaired) electrons. The lowest BCUT2D eigenvalue weighted by molar-refractivity contribution is 0.402. The highest BCUT2D eigenvalue weighted by Crippen LogP contribution is 2.23. The summed E-state index contributed by atoms with van der Waals surface area (Å²) in [4.78, 5) is 18.8. The molecule has 0 saturated carbocycles. The molecule has 11 heteroatoms. The zero-order chi connectivity index (χ0) is 20.8. The first-order chi connectivity index (χ1) is 14.5. The van der Waals surface area contributed by atoms with Crippen molar-refractivity contribution in [1.82, 2.24) is 34.9 Å². The maximum Gasteiger partial charge on any atom is 0.245 e. The molecule has 1 aliphatic rings. The normalized spacial score (nSPS) is 19.7. The Morgan fingerprint density at radius 2 is 2.03 bits per heavy atom. The van der Waals surface area contributed by atoms with E-state index < -0.39 is 0 Å². The van der Waals surface area contributed by atoms with E-state index in [1.807, 2.05) is 0 Å². The summed E-state index contributed by atoms with van der Waals surface area (Å²) in [6.45, 7) is 6.26. The molecule has 5 rings (SSSR count). The fourth-order valence-corrected chi connectivity index (χ4v) is 4.23. The molecule has 1 aliphatic heterocycles. The van der Waals surface area contributed by atoms with Crippen molar-refractivity contribution >= 4 is 44.4 Å². The van der Waals surface area contributed by atoms with E-state index in [1.54, 1.807) is 22.8 Å². The number of anilines is 2. The Morgan fingerprint density at radius 3 is 2.80 bits per heavy atom. The van der Waals surface area contributed by atoms with E-state index in [0.717, 1.165) is 17.7 Å². The Kier molecular flexibility index (Phi) is 4.78. The van der Waals surface area contributed by atoms with Crippen molar-refractivity contribution in [1.29, 1.82) is 0 Å². The number of halogens is 2. The molecule has 0 aliphatic carbocycles. The van der Waals surface area contributed by atoms with Gasteiger partial charge in [-0.3, -0.25) is 0 Å². The first-order valence-corrected chi connectivity index (χ1v) is 10.6. The maximum absolute atomic E-state index is 13.9. The number of aromatic amines is 1. The average Bonchev–Trinajstić information content (AvgIpc) is 3.30. The second-order valence-electron chi connectivity index (χ2n) is 7.62. The number of rotatable bonds is 4. The summed E-state index contributed by atoms with van der Waals surface area (Å²) in [7, 11) is 0. The number of aromatic nitrogens is 6. The molecule has 0 amide bonds. The van der Waals surface area contributed by atoms with Crippen LogP contribution in [0.15, 0.2) is 29.0 Å². The molecular weight excluding hydrogens is 453 g/mol. The number of imidazole rings is 2. The number of nitrogens with one attached hydrogen (secondary N) is 3. The van der Waals surface area contributed by atoms with Crippen LogP contribution in [0.25, 0.3) is 16.7 Å². The molecule has 30 heavy (non-hydrogen) atoms. The predicted molar refractivity (Wildman–Crippen MR) is 116 cm³/mol. The molecule has 4 aromatic rings. The van der Waals surface area contributed by atoms with Gasteiger partial charge in [0.15, 0.2) is 17.3 Å². The molecule has 1 saturated heterocycles. The maximum atomic E-state index is 13.9.